The van der Waals surface area contributed by atoms with Crippen LogP contribution in [0.25, 0.3) is 129 Å². The van der Waals surface area contributed by atoms with Gasteiger partial charge in [0.15, 0.2) is 186 Å². The monoisotopic (exact) mass is 1480 g/mol. The molecule has 0 fully saturated rings. The van der Waals surface area contributed by atoms with Crippen molar-refractivity contribution in [2.24, 2.45) is 0 Å². The van der Waals surface area contributed by atoms with Crippen molar-refractivity contribution in [3.05, 3.63) is 209 Å². The van der Waals surface area contributed by atoms with Crippen LogP contribution in [-0.4, -0.2) is 13.1 Å². The average molecular weight is 1480 g/mol. The molecule has 0 saturated heterocycles. The number of rotatable bonds is 4. The first-order valence-electron chi connectivity index (χ1n) is 27.0. The highest BCUT2D eigenvalue weighted by molar-refractivity contribution is 7.23. The third-order valence-electron chi connectivity index (χ3n) is 18.8. The van der Waals surface area contributed by atoms with Gasteiger partial charge >= 0.3 is 0 Å². The van der Waals surface area contributed by atoms with E-state index in [1.54, 1.807) is 0 Å². The molecular formula is C64AlF36-. The van der Waals surface area contributed by atoms with Crippen LogP contribution in [0, 0.1) is 209 Å². The van der Waals surface area contributed by atoms with Crippen LogP contribution in [0.4, 0.5) is 158 Å². The molecule has 101 heavy (non-hydrogen) atoms. The van der Waals surface area contributed by atoms with E-state index in [1.165, 1.54) is 0 Å². The van der Waals surface area contributed by atoms with E-state index in [-0.39, 0.29) is 0 Å². The van der Waals surface area contributed by atoms with Gasteiger partial charge in [0.1, 0.15) is 23.3 Å². The maximum Gasteiger partial charge on any atom is 0.286 e. The van der Waals surface area contributed by atoms with E-state index in [1.807, 2.05) is 0 Å². The van der Waals surface area contributed by atoms with Crippen LogP contribution in [0.3, 0.4) is 0 Å². The number of hydrogen-bond acceptors (Lipinski definition) is 0. The summed E-state index contributed by atoms with van der Waals surface area (Å²) in [5.74, 6) is -129. The van der Waals surface area contributed by atoms with Crippen molar-refractivity contribution in [1.82, 2.24) is 0 Å². The lowest BCUT2D eigenvalue weighted by molar-refractivity contribution is 0.448. The molecule has 0 atom stereocenters. The normalized spacial score (nSPS) is 13.0. The summed E-state index contributed by atoms with van der Waals surface area (Å²) in [6.45, 7) is 0. The lowest BCUT2D eigenvalue weighted by Crippen LogP contribution is -2.79. The number of halogens is 36. The minimum Gasteiger partial charge on any atom is -0.208 e. The molecule has 0 radical (unpaired) electrons. The molecule has 0 amide bonds. The first-order valence-corrected chi connectivity index (χ1v) is 29.3. The molecule has 16 aromatic carbocycles. The second-order valence-corrected chi connectivity index (χ2v) is 26.9. The number of hydrogen-bond donors (Lipinski definition) is 0. The van der Waals surface area contributed by atoms with Gasteiger partial charge < -0.3 is 0 Å². The second-order valence-electron chi connectivity index (χ2n) is 22.8. The summed E-state index contributed by atoms with van der Waals surface area (Å²) < 4.78 is 606. The third-order valence-corrected chi connectivity index (χ3v) is 24.4. The number of benzene rings is 16. The SMILES string of the molecule is Fc1c(F)c2c(F)c(F)c3c(F)c(F)[c]([Al-]([c]4c(F)c(F)c5c(F)c(F)c6c(F)c(F)c(F)c7c(F)c(F)c4c5c67)([c]4c(F)c(F)c5c(F)c(F)c6c(F)c(F)c(F)c7c(F)c(F)c4c5c67)[c]4c(F)c(F)c5c(F)c(F)c6c(F)c(F)c(F)c7c(F)c(F)c4c5c67)c4c(F)c(F)c(c1F)c2c34. The fourth-order valence-corrected chi connectivity index (χ4v) is 21.7. The van der Waals surface area contributed by atoms with Gasteiger partial charge in [-0.05, 0) is 21.5 Å². The van der Waals surface area contributed by atoms with Gasteiger partial charge in [0.25, 0.3) is 13.1 Å². The Morgan fingerprint density at radius 2 is 0.158 bits per heavy atom. The van der Waals surface area contributed by atoms with Gasteiger partial charge in [-0.15, -0.1) is 0 Å². The van der Waals surface area contributed by atoms with E-state index >= 15 is 158 Å². The summed E-state index contributed by atoms with van der Waals surface area (Å²) in [7, 11) is 0. The molecule has 0 unspecified atom stereocenters. The molecule has 0 bridgehead atoms. The average Bonchev–Trinajstić information content (AvgIpc) is 0.650. The molecule has 0 heterocycles. The summed E-state index contributed by atoms with van der Waals surface area (Å²) in [6, 6.07) is 0. The summed E-state index contributed by atoms with van der Waals surface area (Å²) in [4.78, 5) is 0. The lowest BCUT2D eigenvalue weighted by Gasteiger charge is -2.45. The van der Waals surface area contributed by atoms with Gasteiger partial charge in [0.2, 0.25) is 0 Å². The van der Waals surface area contributed by atoms with Crippen LogP contribution < -0.4 is 17.7 Å². The Kier molecular flexibility index (Phi) is 13.0. The van der Waals surface area contributed by atoms with Gasteiger partial charge in [-0.2, -0.15) is 17.7 Å². The molecule has 0 N–H and O–H groups in total. The van der Waals surface area contributed by atoms with Crippen molar-refractivity contribution in [2.45, 2.75) is 0 Å². The van der Waals surface area contributed by atoms with Crippen LogP contribution in [0.2, 0.25) is 0 Å². The third kappa shape index (κ3) is 6.83. The summed E-state index contributed by atoms with van der Waals surface area (Å²) in [6.07, 6.45) is 0. The van der Waals surface area contributed by atoms with Crippen LogP contribution in [0.1, 0.15) is 0 Å². The Balaban J connectivity index is 1.41. The fraction of sp³-hybridized carbons (Fsp3) is 0. The van der Waals surface area contributed by atoms with Crippen molar-refractivity contribution in [3.8, 4) is 0 Å². The maximum atomic E-state index is 19.4. The van der Waals surface area contributed by atoms with E-state index < -0.39 is 369 Å². The van der Waals surface area contributed by atoms with E-state index in [4.69, 9.17) is 0 Å². The predicted molar refractivity (Wildman–Crippen MR) is 283 cm³/mol. The predicted octanol–water partition coefficient (Wildman–Crippen LogP) is 19.7. The van der Waals surface area contributed by atoms with E-state index in [0.29, 0.717) is 0 Å². The van der Waals surface area contributed by atoms with Crippen LogP contribution >= 0.6 is 0 Å². The van der Waals surface area contributed by atoms with Gasteiger partial charge in [0.05, 0.1) is 64.6 Å². The van der Waals surface area contributed by atoms with Gasteiger partial charge in [-0.1, -0.05) is 0 Å². The Morgan fingerprint density at radius 1 is 0.0792 bits per heavy atom. The highest BCUT2D eigenvalue weighted by Gasteiger charge is 2.55. The zero-order valence-corrected chi connectivity index (χ0v) is 47.3. The van der Waals surface area contributed by atoms with Crippen molar-refractivity contribution >= 4 is 160 Å². The molecule has 16 aromatic rings. The van der Waals surface area contributed by atoms with E-state index in [0.717, 1.165) is 0 Å². The standard InChI is InChI=1S/4C16F9.Al/c4*17-3-1-2-4-5-7(11(20)9(2)18)14(23)16(25)15(24)8(5)13(22)12(21)6(4)10(3)19;/q;;;;-1. The highest BCUT2D eigenvalue weighted by atomic mass is 27.2. The minimum atomic E-state index is -10.9. The molecule has 0 aliphatic carbocycles. The topological polar surface area (TPSA) is 0 Å². The first-order chi connectivity index (χ1) is 47.3. The molecule has 37 heteroatoms. The highest BCUT2D eigenvalue weighted by Crippen LogP contribution is 2.53. The van der Waals surface area contributed by atoms with Gasteiger partial charge in [0, 0.05) is 43.1 Å². The molecule has 0 spiro atoms. The molecule has 0 saturated carbocycles. The van der Waals surface area contributed by atoms with Gasteiger partial charge in [-0.25, -0.2) is 158 Å². The molecular weight excluding hydrogens is 1480 g/mol. The maximum absolute atomic E-state index is 19.4. The molecule has 0 nitrogen and oxygen atoms in total. The van der Waals surface area contributed by atoms with Crippen LogP contribution in [0.5, 0.6) is 0 Å². The quantitative estimate of drug-likeness (QED) is 0.0713. The Hall–Kier alpha value is -10.3. The Bertz CT molecular complexity index is 5910. The summed E-state index contributed by atoms with van der Waals surface area (Å²) in [5, 5.41) is -70.8. The molecule has 0 aliphatic heterocycles. The smallest absolute Gasteiger partial charge is 0.208 e. The lowest BCUT2D eigenvalue weighted by atomic mass is 9.90. The zero-order chi connectivity index (χ0) is 73.5. The molecule has 512 valence electrons. The Morgan fingerprint density at radius 3 is 0.277 bits per heavy atom. The van der Waals surface area contributed by atoms with Crippen molar-refractivity contribution in [1.29, 1.82) is 0 Å². The van der Waals surface area contributed by atoms with Crippen LogP contribution in [0.15, 0.2) is 0 Å². The van der Waals surface area contributed by atoms with Crippen LogP contribution in [-0.2, 0) is 0 Å². The van der Waals surface area contributed by atoms with E-state index in [2.05, 4.69) is 0 Å². The van der Waals surface area contributed by atoms with E-state index in [9.17, 15) is 0 Å². The largest absolute Gasteiger partial charge is 0.286 e. The minimum absolute atomic E-state index is 2.68. The first kappa shape index (κ1) is 65.3. The second kappa shape index (κ2) is 20.0. The summed E-state index contributed by atoms with van der Waals surface area (Å²) >= 11 is -10.9. The Labute approximate surface area is 526 Å². The zero-order valence-electron chi connectivity index (χ0n) is 46.2. The van der Waals surface area contributed by atoms with Crippen molar-refractivity contribution < 1.29 is 158 Å². The van der Waals surface area contributed by atoms with Gasteiger partial charge in [-0.3, -0.25) is 0 Å². The molecule has 0 aromatic heterocycles. The summed E-state index contributed by atoms with van der Waals surface area (Å²) in [5.41, 5.74) is 0. The fourth-order valence-electron chi connectivity index (χ4n) is 15.1. The van der Waals surface area contributed by atoms with Crippen molar-refractivity contribution in [3.63, 3.8) is 0 Å². The van der Waals surface area contributed by atoms with Crippen molar-refractivity contribution in [2.75, 3.05) is 0 Å². The molecule has 0 aliphatic rings. The molecule has 16 rings (SSSR count).